The number of benzene rings is 1. The number of rotatable bonds is 0. The van der Waals surface area contributed by atoms with Crippen molar-refractivity contribution in [2.75, 3.05) is 0 Å². The minimum absolute atomic E-state index is 1.20. The smallest absolute Gasteiger partial charge is 0.0178 e. The summed E-state index contributed by atoms with van der Waals surface area (Å²) >= 11 is 3.45. The Balaban J connectivity index is 2.52. The molecular weight excluding hydrogens is 188 g/mol. The van der Waals surface area contributed by atoms with Gasteiger partial charge in [0.15, 0.2) is 0 Å². The Bertz CT molecular complexity index is 253. The highest BCUT2D eigenvalue weighted by molar-refractivity contribution is 9.10. The molecule has 0 nitrogen and oxygen atoms in total. The molecule has 1 aliphatic rings. The zero-order chi connectivity index (χ0) is 6.97. The molecule has 1 heteroatoms. The van der Waals surface area contributed by atoms with Crippen molar-refractivity contribution in [3.63, 3.8) is 0 Å². The van der Waals surface area contributed by atoms with E-state index in [2.05, 4.69) is 40.5 Å². The first-order chi connectivity index (χ1) is 4.86. The Morgan fingerprint density at radius 1 is 1.30 bits per heavy atom. The topological polar surface area (TPSA) is 0 Å². The van der Waals surface area contributed by atoms with Crippen LogP contribution in [-0.2, 0) is 6.42 Å². The van der Waals surface area contributed by atoms with Crippen LogP contribution in [0.4, 0.5) is 0 Å². The van der Waals surface area contributed by atoms with Gasteiger partial charge in [-0.2, -0.15) is 0 Å². The third-order valence-corrected chi connectivity index (χ3v) is 2.38. The lowest BCUT2D eigenvalue weighted by molar-refractivity contribution is 1.03. The molecule has 0 bridgehead atoms. The molecule has 2 rings (SSSR count). The summed E-state index contributed by atoms with van der Waals surface area (Å²) in [5.41, 5.74) is 2.90. The fraction of sp³-hybridized carbons (Fsp3) is 0.222. The summed E-state index contributed by atoms with van der Waals surface area (Å²) in [4.78, 5) is 0. The molecule has 0 heterocycles. The van der Waals surface area contributed by atoms with Crippen LogP contribution in [0, 0.1) is 6.42 Å². The van der Waals surface area contributed by atoms with E-state index in [-0.39, 0.29) is 0 Å². The molecule has 1 aromatic rings. The zero-order valence-corrected chi connectivity index (χ0v) is 7.19. The van der Waals surface area contributed by atoms with E-state index in [0.29, 0.717) is 0 Å². The van der Waals surface area contributed by atoms with Crippen LogP contribution in [0.1, 0.15) is 17.5 Å². The molecule has 1 radical (unpaired) electrons. The highest BCUT2D eigenvalue weighted by Gasteiger charge is 2.09. The van der Waals surface area contributed by atoms with Crippen LogP contribution in [0.2, 0.25) is 0 Å². The number of aryl methyl sites for hydroxylation is 1. The van der Waals surface area contributed by atoms with Gasteiger partial charge in [0.05, 0.1) is 0 Å². The summed E-state index contributed by atoms with van der Waals surface area (Å²) in [6.07, 6.45) is 4.72. The summed E-state index contributed by atoms with van der Waals surface area (Å²) in [6.45, 7) is 0. The Kier molecular flexibility index (Phi) is 1.53. The van der Waals surface area contributed by atoms with Crippen LogP contribution >= 0.6 is 15.9 Å². The second kappa shape index (κ2) is 2.39. The Morgan fingerprint density at radius 2 is 2.20 bits per heavy atom. The van der Waals surface area contributed by atoms with Gasteiger partial charge in [0.25, 0.3) is 0 Å². The van der Waals surface area contributed by atoms with Gasteiger partial charge < -0.3 is 0 Å². The van der Waals surface area contributed by atoms with Crippen LogP contribution in [0.5, 0.6) is 0 Å². The van der Waals surface area contributed by atoms with E-state index in [1.807, 2.05) is 0 Å². The van der Waals surface area contributed by atoms with Gasteiger partial charge in [-0.15, -0.1) is 0 Å². The van der Waals surface area contributed by atoms with E-state index in [1.54, 1.807) is 0 Å². The van der Waals surface area contributed by atoms with E-state index in [1.165, 1.54) is 28.4 Å². The van der Waals surface area contributed by atoms with Crippen molar-refractivity contribution in [1.82, 2.24) is 0 Å². The van der Waals surface area contributed by atoms with Gasteiger partial charge in [-0.05, 0) is 42.5 Å². The highest BCUT2D eigenvalue weighted by atomic mass is 79.9. The van der Waals surface area contributed by atoms with Crippen LogP contribution in [0.3, 0.4) is 0 Å². The molecule has 0 saturated heterocycles. The molecule has 0 spiro atoms. The Hall–Kier alpha value is -0.300. The average Bonchev–Trinajstić information content (AvgIpc) is 2.33. The van der Waals surface area contributed by atoms with E-state index in [4.69, 9.17) is 0 Å². The number of hydrogen-bond acceptors (Lipinski definition) is 0. The summed E-state index contributed by atoms with van der Waals surface area (Å²) in [6, 6.07) is 6.48. The Morgan fingerprint density at radius 3 is 3.10 bits per heavy atom. The zero-order valence-electron chi connectivity index (χ0n) is 5.60. The summed E-state index contributed by atoms with van der Waals surface area (Å²) in [5, 5.41) is 0. The number of fused-ring (bicyclic) bond motifs is 1. The first-order valence-electron chi connectivity index (χ1n) is 3.48. The van der Waals surface area contributed by atoms with Gasteiger partial charge in [0, 0.05) is 4.47 Å². The third kappa shape index (κ3) is 0.988. The van der Waals surface area contributed by atoms with E-state index < -0.39 is 0 Å². The largest absolute Gasteiger partial charge is 0.0573 e. The lowest BCUT2D eigenvalue weighted by Crippen LogP contribution is -1.78. The molecular formula is C9H8Br. The van der Waals surface area contributed by atoms with Gasteiger partial charge in [-0.25, -0.2) is 0 Å². The second-order valence-electron chi connectivity index (χ2n) is 2.59. The average molecular weight is 196 g/mol. The van der Waals surface area contributed by atoms with Crippen molar-refractivity contribution in [1.29, 1.82) is 0 Å². The van der Waals surface area contributed by atoms with Crippen molar-refractivity contribution < 1.29 is 0 Å². The Labute approximate surface area is 69.4 Å². The van der Waals surface area contributed by atoms with Crippen molar-refractivity contribution in [2.45, 2.75) is 12.8 Å². The van der Waals surface area contributed by atoms with Crippen molar-refractivity contribution in [3.8, 4) is 0 Å². The normalized spacial score (nSPS) is 15.3. The fourth-order valence-corrected chi connectivity index (χ4v) is 1.78. The minimum atomic E-state index is 1.20. The molecule has 1 aliphatic carbocycles. The minimum Gasteiger partial charge on any atom is -0.0573 e. The lowest BCUT2D eigenvalue weighted by atomic mass is 10.1. The lowest BCUT2D eigenvalue weighted by Gasteiger charge is -1.96. The summed E-state index contributed by atoms with van der Waals surface area (Å²) in [5.74, 6) is 0. The van der Waals surface area contributed by atoms with E-state index >= 15 is 0 Å². The van der Waals surface area contributed by atoms with Gasteiger partial charge in [0.1, 0.15) is 0 Å². The molecule has 10 heavy (non-hydrogen) atoms. The molecule has 0 fully saturated rings. The maximum absolute atomic E-state index is 3.45. The van der Waals surface area contributed by atoms with Crippen molar-refractivity contribution in [3.05, 3.63) is 40.2 Å². The molecule has 0 saturated carbocycles. The number of halogens is 1. The first kappa shape index (κ1) is 6.41. The van der Waals surface area contributed by atoms with Gasteiger partial charge in [-0.1, -0.05) is 22.0 Å². The van der Waals surface area contributed by atoms with Crippen LogP contribution < -0.4 is 0 Å². The third-order valence-electron chi connectivity index (χ3n) is 1.88. The van der Waals surface area contributed by atoms with Crippen LogP contribution in [-0.4, -0.2) is 0 Å². The maximum atomic E-state index is 3.45. The molecule has 0 unspecified atom stereocenters. The molecule has 1 aromatic carbocycles. The van der Waals surface area contributed by atoms with Gasteiger partial charge in [-0.3, -0.25) is 0 Å². The maximum Gasteiger partial charge on any atom is 0.0178 e. The highest BCUT2D eigenvalue weighted by Crippen LogP contribution is 2.26. The molecule has 0 amide bonds. The van der Waals surface area contributed by atoms with Gasteiger partial charge in [0.2, 0.25) is 0 Å². The molecule has 0 aromatic heterocycles. The standard InChI is InChI=1S/C9H8Br/c10-9-5-4-7-2-1-3-8(7)6-9/h2,4-6H,1,3H2. The van der Waals surface area contributed by atoms with E-state index in [0.717, 1.165) is 0 Å². The van der Waals surface area contributed by atoms with Crippen molar-refractivity contribution >= 4 is 15.9 Å². The molecule has 0 atom stereocenters. The van der Waals surface area contributed by atoms with E-state index in [9.17, 15) is 0 Å². The summed E-state index contributed by atoms with van der Waals surface area (Å²) < 4.78 is 1.20. The monoisotopic (exact) mass is 195 g/mol. The summed E-state index contributed by atoms with van der Waals surface area (Å²) in [7, 11) is 0. The SMILES string of the molecule is Brc1ccc2c(c1)CC[CH]2. The van der Waals surface area contributed by atoms with Gasteiger partial charge >= 0.3 is 0 Å². The van der Waals surface area contributed by atoms with Crippen LogP contribution in [0.25, 0.3) is 0 Å². The quantitative estimate of drug-likeness (QED) is 0.598. The number of hydrogen-bond donors (Lipinski definition) is 0. The predicted molar refractivity (Wildman–Crippen MR) is 45.9 cm³/mol. The molecule has 0 N–H and O–H groups in total. The second-order valence-corrected chi connectivity index (χ2v) is 3.50. The molecule has 0 aliphatic heterocycles. The van der Waals surface area contributed by atoms with Crippen LogP contribution in [0.15, 0.2) is 22.7 Å². The van der Waals surface area contributed by atoms with Crippen molar-refractivity contribution in [2.24, 2.45) is 0 Å². The first-order valence-corrected chi connectivity index (χ1v) is 4.27. The fourth-order valence-electron chi connectivity index (χ4n) is 1.37. The predicted octanol–water partition coefficient (Wildman–Crippen LogP) is 2.95. The molecule has 51 valence electrons.